The van der Waals surface area contributed by atoms with Crippen LogP contribution in [0.1, 0.15) is 60.8 Å². The fourth-order valence-corrected chi connectivity index (χ4v) is 7.07. The van der Waals surface area contributed by atoms with Gasteiger partial charge in [0.2, 0.25) is 0 Å². The molecule has 2 aliphatic rings. The first-order valence-corrected chi connectivity index (χ1v) is 12.7. The zero-order valence-electron chi connectivity index (χ0n) is 16.8. The van der Waals surface area contributed by atoms with Crippen LogP contribution >= 0.6 is 11.3 Å². The lowest BCUT2D eigenvalue weighted by Crippen LogP contribution is -2.48. The Morgan fingerprint density at radius 1 is 1.36 bits per heavy atom. The lowest BCUT2D eigenvalue weighted by Gasteiger charge is -2.33. The maximum Gasteiger partial charge on any atom is 0.339 e. The Morgan fingerprint density at radius 2 is 2.11 bits per heavy atom. The summed E-state index contributed by atoms with van der Waals surface area (Å²) in [4.78, 5) is 28.2. The quantitative estimate of drug-likeness (QED) is 0.652. The molecule has 0 N–H and O–H groups in total. The van der Waals surface area contributed by atoms with E-state index in [4.69, 9.17) is 4.74 Å². The molecule has 6 nitrogen and oxygen atoms in total. The standard InChI is InChI=1S/C20H29NO5S2/c1-4-14(3)21(15-7-8-28(24,25)12-15)19(22)10-26-20(23)17-11-27-18-9-13(2)5-6-16(17)18/h11,13-15H,4-10,12H2,1-3H3. The van der Waals surface area contributed by atoms with Gasteiger partial charge in [-0.25, -0.2) is 13.2 Å². The van der Waals surface area contributed by atoms with Gasteiger partial charge in [-0.05, 0) is 50.5 Å². The lowest BCUT2D eigenvalue weighted by molar-refractivity contribution is -0.138. The summed E-state index contributed by atoms with van der Waals surface area (Å²) in [5.41, 5.74) is 1.65. The first-order chi connectivity index (χ1) is 13.2. The summed E-state index contributed by atoms with van der Waals surface area (Å²) >= 11 is 1.59. The highest BCUT2D eigenvalue weighted by atomic mass is 32.2. The molecular formula is C20H29NO5S2. The van der Waals surface area contributed by atoms with Crippen molar-refractivity contribution in [3.05, 3.63) is 21.4 Å². The highest BCUT2D eigenvalue weighted by Crippen LogP contribution is 2.33. The molecule has 3 rings (SSSR count). The van der Waals surface area contributed by atoms with E-state index in [1.54, 1.807) is 16.2 Å². The molecule has 2 heterocycles. The van der Waals surface area contributed by atoms with E-state index in [1.165, 1.54) is 4.88 Å². The molecule has 1 amide bonds. The first kappa shape index (κ1) is 21.3. The van der Waals surface area contributed by atoms with Gasteiger partial charge < -0.3 is 9.64 Å². The molecule has 3 atom stereocenters. The van der Waals surface area contributed by atoms with Crippen LogP contribution in [0.2, 0.25) is 0 Å². The van der Waals surface area contributed by atoms with Crippen LogP contribution in [0.25, 0.3) is 0 Å². The number of hydrogen-bond acceptors (Lipinski definition) is 6. The SMILES string of the molecule is CCC(C)N(C(=O)COC(=O)c1csc2c1CCC(C)C2)C1CCS(=O)(=O)C1. The first-order valence-electron chi connectivity index (χ1n) is 9.99. The molecule has 0 radical (unpaired) electrons. The van der Waals surface area contributed by atoms with E-state index in [0.29, 0.717) is 24.3 Å². The summed E-state index contributed by atoms with van der Waals surface area (Å²) in [7, 11) is -3.10. The molecule has 0 bridgehead atoms. The second kappa shape index (κ2) is 8.53. The van der Waals surface area contributed by atoms with Crippen molar-refractivity contribution >= 4 is 33.1 Å². The lowest BCUT2D eigenvalue weighted by atomic mass is 9.88. The van der Waals surface area contributed by atoms with Crippen LogP contribution in [0.15, 0.2) is 5.38 Å². The number of thiophene rings is 1. The zero-order chi connectivity index (χ0) is 20.5. The van der Waals surface area contributed by atoms with Crippen molar-refractivity contribution in [1.29, 1.82) is 0 Å². The number of nitrogens with zero attached hydrogens (tertiary/aromatic N) is 1. The molecule has 0 aromatic carbocycles. The smallest absolute Gasteiger partial charge is 0.339 e. The molecule has 0 saturated carbocycles. The van der Waals surface area contributed by atoms with Gasteiger partial charge in [0.25, 0.3) is 5.91 Å². The van der Waals surface area contributed by atoms with Crippen LogP contribution in [-0.2, 0) is 32.2 Å². The number of ether oxygens (including phenoxy) is 1. The van der Waals surface area contributed by atoms with Crippen molar-refractivity contribution in [2.75, 3.05) is 18.1 Å². The Labute approximate surface area is 171 Å². The fraction of sp³-hybridized carbons (Fsp3) is 0.700. The minimum absolute atomic E-state index is 0.00670. The van der Waals surface area contributed by atoms with Gasteiger partial charge in [-0.3, -0.25) is 4.79 Å². The van der Waals surface area contributed by atoms with E-state index in [1.807, 2.05) is 19.2 Å². The molecule has 8 heteroatoms. The van der Waals surface area contributed by atoms with Gasteiger partial charge in [-0.15, -0.1) is 11.3 Å². The molecule has 1 aromatic heterocycles. The number of carbonyl (C=O) groups excluding carboxylic acids is 2. The monoisotopic (exact) mass is 427 g/mol. The van der Waals surface area contributed by atoms with Gasteiger partial charge in [0, 0.05) is 22.3 Å². The van der Waals surface area contributed by atoms with Crippen molar-refractivity contribution in [1.82, 2.24) is 4.90 Å². The second-order valence-corrected chi connectivity index (χ2v) is 11.3. The van der Waals surface area contributed by atoms with Crippen molar-refractivity contribution < 1.29 is 22.7 Å². The topological polar surface area (TPSA) is 80.8 Å². The molecule has 1 aromatic rings. The minimum Gasteiger partial charge on any atom is -0.452 e. The molecule has 3 unspecified atom stereocenters. The van der Waals surface area contributed by atoms with E-state index < -0.39 is 15.8 Å². The zero-order valence-corrected chi connectivity index (χ0v) is 18.4. The van der Waals surface area contributed by atoms with Crippen molar-refractivity contribution in [3.8, 4) is 0 Å². The Balaban J connectivity index is 1.65. The molecule has 1 aliphatic heterocycles. The number of rotatable bonds is 6. The van der Waals surface area contributed by atoms with Crippen LogP contribution in [0.5, 0.6) is 0 Å². The van der Waals surface area contributed by atoms with Crippen molar-refractivity contribution in [2.24, 2.45) is 5.92 Å². The normalized spacial score (nSPS) is 24.4. The Morgan fingerprint density at radius 3 is 2.75 bits per heavy atom. The highest BCUT2D eigenvalue weighted by Gasteiger charge is 2.37. The average Bonchev–Trinajstić information content (AvgIpc) is 3.22. The van der Waals surface area contributed by atoms with Crippen LogP contribution in [0.4, 0.5) is 0 Å². The van der Waals surface area contributed by atoms with Gasteiger partial charge in [0.05, 0.1) is 17.1 Å². The molecule has 1 fully saturated rings. The maximum absolute atomic E-state index is 12.8. The third-order valence-electron chi connectivity index (χ3n) is 5.90. The maximum atomic E-state index is 12.8. The number of esters is 1. The largest absolute Gasteiger partial charge is 0.452 e. The third-order valence-corrected chi connectivity index (χ3v) is 8.71. The Bertz CT molecular complexity index is 845. The molecule has 28 heavy (non-hydrogen) atoms. The summed E-state index contributed by atoms with van der Waals surface area (Å²) in [5, 5.41) is 1.84. The van der Waals surface area contributed by atoms with Gasteiger partial charge in [-0.1, -0.05) is 13.8 Å². The van der Waals surface area contributed by atoms with Crippen LogP contribution in [0, 0.1) is 5.92 Å². The fourth-order valence-electron chi connectivity index (χ4n) is 4.13. The average molecular weight is 428 g/mol. The van der Waals surface area contributed by atoms with Crippen LogP contribution in [-0.4, -0.2) is 55.4 Å². The minimum atomic E-state index is -3.10. The third kappa shape index (κ3) is 4.59. The number of carbonyl (C=O) groups is 2. The van der Waals surface area contributed by atoms with Crippen molar-refractivity contribution in [3.63, 3.8) is 0 Å². The van der Waals surface area contributed by atoms with Gasteiger partial charge in [0.15, 0.2) is 16.4 Å². The summed E-state index contributed by atoms with van der Waals surface area (Å²) in [6.07, 6.45) is 4.08. The molecule has 0 spiro atoms. The summed E-state index contributed by atoms with van der Waals surface area (Å²) in [5.74, 6) is -0.0425. The van der Waals surface area contributed by atoms with E-state index >= 15 is 0 Å². The summed E-state index contributed by atoms with van der Waals surface area (Å²) in [6.45, 7) is 5.73. The van der Waals surface area contributed by atoms with Gasteiger partial charge >= 0.3 is 5.97 Å². The molecule has 156 valence electrons. The highest BCUT2D eigenvalue weighted by molar-refractivity contribution is 7.91. The Kier molecular flexibility index (Phi) is 6.49. The van der Waals surface area contributed by atoms with E-state index in [-0.39, 0.29) is 36.1 Å². The number of amides is 1. The van der Waals surface area contributed by atoms with Crippen LogP contribution in [0.3, 0.4) is 0 Å². The predicted molar refractivity (Wildman–Crippen MR) is 109 cm³/mol. The number of hydrogen-bond donors (Lipinski definition) is 0. The van der Waals surface area contributed by atoms with Crippen molar-refractivity contribution in [2.45, 2.75) is 65.0 Å². The second-order valence-electron chi connectivity index (χ2n) is 8.09. The summed E-state index contributed by atoms with van der Waals surface area (Å²) in [6, 6.07) is -0.429. The Hall–Kier alpha value is -1.41. The van der Waals surface area contributed by atoms with E-state index in [9.17, 15) is 18.0 Å². The molecule has 1 aliphatic carbocycles. The predicted octanol–water partition coefficient (Wildman–Crippen LogP) is 2.84. The summed E-state index contributed by atoms with van der Waals surface area (Å²) < 4.78 is 29.0. The van der Waals surface area contributed by atoms with Crippen LogP contribution < -0.4 is 0 Å². The molecule has 1 saturated heterocycles. The van der Waals surface area contributed by atoms with E-state index in [2.05, 4.69) is 6.92 Å². The van der Waals surface area contributed by atoms with E-state index in [0.717, 1.165) is 24.8 Å². The van der Waals surface area contributed by atoms with Gasteiger partial charge in [-0.2, -0.15) is 0 Å². The van der Waals surface area contributed by atoms with Gasteiger partial charge in [0.1, 0.15) is 0 Å². The molecular weight excluding hydrogens is 398 g/mol. The number of fused-ring (bicyclic) bond motifs is 1. The number of sulfone groups is 1.